The number of nitriles is 1. The Kier molecular flexibility index (Phi) is 3.78. The first-order chi connectivity index (χ1) is 9.28. The second-order valence-electron chi connectivity index (χ2n) is 4.74. The van der Waals surface area contributed by atoms with Gasteiger partial charge in [0.2, 0.25) is 0 Å². The fourth-order valence-electron chi connectivity index (χ4n) is 2.56. The largest absolute Gasteiger partial charge is 0.417 e. The van der Waals surface area contributed by atoms with E-state index in [1.165, 1.54) is 6.07 Å². The smallest absolute Gasteiger partial charge is 0.223 e. The number of benzene rings is 1. The van der Waals surface area contributed by atoms with Crippen LogP contribution in [-0.4, -0.2) is 13.7 Å². The van der Waals surface area contributed by atoms with Gasteiger partial charge in [-0.15, -0.1) is 0 Å². The van der Waals surface area contributed by atoms with Crippen LogP contribution >= 0.6 is 0 Å². The van der Waals surface area contributed by atoms with Crippen molar-refractivity contribution in [1.29, 1.82) is 5.26 Å². The molecule has 0 radical (unpaired) electrons. The highest BCUT2D eigenvalue weighted by molar-refractivity contribution is 7.92. The van der Waals surface area contributed by atoms with Crippen LogP contribution in [0, 0.1) is 17.2 Å². The Morgan fingerprint density at radius 3 is 2.45 bits per heavy atom. The first-order valence-electron chi connectivity index (χ1n) is 6.08. The molecule has 1 saturated carbocycles. The fraction of sp³-hybridized carbons (Fsp3) is 0.462. The maximum atomic E-state index is 12.9. The molecule has 0 aromatic heterocycles. The van der Waals surface area contributed by atoms with E-state index in [9.17, 15) is 21.6 Å². The first-order valence-corrected chi connectivity index (χ1v) is 7.63. The van der Waals surface area contributed by atoms with Crippen LogP contribution in [0.25, 0.3) is 0 Å². The van der Waals surface area contributed by atoms with E-state index in [2.05, 4.69) is 0 Å². The molecule has 0 amide bonds. The molecule has 0 saturated heterocycles. The Morgan fingerprint density at radius 2 is 1.85 bits per heavy atom. The number of halogens is 3. The molecule has 2 rings (SSSR count). The second kappa shape index (κ2) is 5.09. The van der Waals surface area contributed by atoms with Crippen molar-refractivity contribution in [3.8, 4) is 6.07 Å². The van der Waals surface area contributed by atoms with E-state index in [-0.39, 0.29) is 6.42 Å². The molecule has 1 aliphatic carbocycles. The lowest BCUT2D eigenvalue weighted by Crippen LogP contribution is -2.27. The summed E-state index contributed by atoms with van der Waals surface area (Å²) in [5.74, 6) is -0.735. The molecule has 0 spiro atoms. The third-order valence-corrected chi connectivity index (χ3v) is 5.85. The predicted molar refractivity (Wildman–Crippen MR) is 65.4 cm³/mol. The molecule has 1 fully saturated rings. The van der Waals surface area contributed by atoms with Gasteiger partial charge in [0.15, 0.2) is 9.84 Å². The van der Waals surface area contributed by atoms with E-state index >= 15 is 0 Å². The van der Waals surface area contributed by atoms with E-state index < -0.39 is 37.6 Å². The van der Waals surface area contributed by atoms with Crippen LogP contribution in [-0.2, 0) is 16.0 Å². The summed E-state index contributed by atoms with van der Waals surface area (Å²) in [5, 5.41) is 7.89. The van der Waals surface area contributed by atoms with Crippen molar-refractivity contribution < 1.29 is 21.6 Å². The summed E-state index contributed by atoms with van der Waals surface area (Å²) in [6, 6.07) is 6.02. The zero-order valence-corrected chi connectivity index (χ0v) is 11.2. The standard InChI is InChI=1S/C13H12F3NO2S/c14-13(15,16)10-5-1-2-6-12(10)20(18,19)11-7-3-4-9(11)8-17/h1-2,5-6,9,11H,3-4,7H2. The SMILES string of the molecule is N#CC1CCCC1S(=O)(=O)c1ccccc1C(F)(F)F. The maximum absolute atomic E-state index is 12.9. The molecular formula is C13H12F3NO2S. The number of sulfone groups is 1. The lowest BCUT2D eigenvalue weighted by atomic mass is 10.1. The summed E-state index contributed by atoms with van der Waals surface area (Å²) >= 11 is 0. The van der Waals surface area contributed by atoms with Gasteiger partial charge in [-0.2, -0.15) is 18.4 Å². The van der Waals surface area contributed by atoms with E-state index in [0.717, 1.165) is 18.2 Å². The van der Waals surface area contributed by atoms with Gasteiger partial charge in [0, 0.05) is 0 Å². The lowest BCUT2D eigenvalue weighted by Gasteiger charge is -2.18. The molecule has 0 bridgehead atoms. The number of rotatable bonds is 2. The quantitative estimate of drug-likeness (QED) is 0.843. The topological polar surface area (TPSA) is 57.9 Å². The molecule has 2 unspecified atom stereocenters. The van der Waals surface area contributed by atoms with Gasteiger partial charge in [0.25, 0.3) is 0 Å². The van der Waals surface area contributed by atoms with Gasteiger partial charge >= 0.3 is 6.18 Å². The Labute approximate surface area is 114 Å². The second-order valence-corrected chi connectivity index (χ2v) is 6.88. The van der Waals surface area contributed by atoms with Gasteiger partial charge < -0.3 is 0 Å². The van der Waals surface area contributed by atoms with Crippen molar-refractivity contribution >= 4 is 9.84 Å². The number of nitrogens with zero attached hydrogens (tertiary/aromatic N) is 1. The van der Waals surface area contributed by atoms with Crippen LogP contribution in [0.5, 0.6) is 0 Å². The van der Waals surface area contributed by atoms with Gasteiger partial charge in [-0.1, -0.05) is 18.6 Å². The highest BCUT2D eigenvalue weighted by Gasteiger charge is 2.43. The van der Waals surface area contributed by atoms with Crippen molar-refractivity contribution in [2.45, 2.75) is 35.6 Å². The fourth-order valence-corrected chi connectivity index (χ4v) is 4.75. The molecule has 1 aliphatic rings. The molecule has 20 heavy (non-hydrogen) atoms. The Balaban J connectivity index is 2.54. The molecule has 0 aliphatic heterocycles. The van der Waals surface area contributed by atoms with E-state index in [4.69, 9.17) is 5.26 Å². The van der Waals surface area contributed by atoms with Crippen LogP contribution in [0.3, 0.4) is 0 Å². The van der Waals surface area contributed by atoms with Crippen LogP contribution < -0.4 is 0 Å². The van der Waals surface area contributed by atoms with Gasteiger partial charge in [0.05, 0.1) is 27.7 Å². The monoisotopic (exact) mass is 303 g/mol. The van der Waals surface area contributed by atoms with Crippen molar-refractivity contribution in [2.24, 2.45) is 5.92 Å². The van der Waals surface area contributed by atoms with Gasteiger partial charge in [-0.05, 0) is 25.0 Å². The van der Waals surface area contributed by atoms with Crippen LogP contribution in [0.2, 0.25) is 0 Å². The van der Waals surface area contributed by atoms with Gasteiger partial charge in [0.1, 0.15) is 0 Å². The molecule has 1 aromatic carbocycles. The summed E-state index contributed by atoms with van der Waals surface area (Å²) in [5.41, 5.74) is -1.16. The molecule has 7 heteroatoms. The van der Waals surface area contributed by atoms with Gasteiger partial charge in [-0.25, -0.2) is 8.42 Å². The average molecular weight is 303 g/mol. The number of alkyl halides is 3. The van der Waals surface area contributed by atoms with Crippen LogP contribution in [0.1, 0.15) is 24.8 Å². The van der Waals surface area contributed by atoms with E-state index in [1.54, 1.807) is 0 Å². The Morgan fingerprint density at radius 1 is 1.20 bits per heavy atom. The minimum atomic E-state index is -4.73. The van der Waals surface area contributed by atoms with Crippen molar-refractivity contribution in [1.82, 2.24) is 0 Å². The molecule has 1 aromatic rings. The normalized spacial score (nSPS) is 23.5. The third kappa shape index (κ3) is 2.52. The summed E-state index contributed by atoms with van der Waals surface area (Å²) < 4.78 is 63.6. The zero-order valence-electron chi connectivity index (χ0n) is 10.4. The summed E-state index contributed by atoms with van der Waals surface area (Å²) in [7, 11) is -4.16. The highest BCUT2D eigenvalue weighted by atomic mass is 32.2. The first kappa shape index (κ1) is 14.9. The van der Waals surface area contributed by atoms with Gasteiger partial charge in [-0.3, -0.25) is 0 Å². The highest BCUT2D eigenvalue weighted by Crippen LogP contribution is 2.39. The minimum absolute atomic E-state index is 0.229. The molecule has 3 nitrogen and oxygen atoms in total. The third-order valence-electron chi connectivity index (χ3n) is 3.52. The number of hydrogen-bond acceptors (Lipinski definition) is 3. The molecule has 0 heterocycles. The zero-order chi connectivity index (χ0) is 15.0. The molecule has 108 valence electrons. The van der Waals surface area contributed by atoms with Crippen LogP contribution in [0.4, 0.5) is 13.2 Å². The average Bonchev–Trinajstić information content (AvgIpc) is 2.86. The molecule has 0 N–H and O–H groups in total. The van der Waals surface area contributed by atoms with Crippen molar-refractivity contribution in [2.75, 3.05) is 0 Å². The predicted octanol–water partition coefficient (Wildman–Crippen LogP) is 3.17. The van der Waals surface area contributed by atoms with Crippen molar-refractivity contribution in [3.63, 3.8) is 0 Å². The maximum Gasteiger partial charge on any atom is 0.417 e. The van der Waals surface area contributed by atoms with Crippen LogP contribution in [0.15, 0.2) is 29.2 Å². The Bertz CT molecular complexity index is 646. The summed E-state index contributed by atoms with van der Waals surface area (Å²) in [4.78, 5) is -0.723. The number of hydrogen-bond donors (Lipinski definition) is 0. The Hall–Kier alpha value is -1.55. The summed E-state index contributed by atoms with van der Waals surface area (Å²) in [6.45, 7) is 0. The van der Waals surface area contributed by atoms with Crippen molar-refractivity contribution in [3.05, 3.63) is 29.8 Å². The summed E-state index contributed by atoms with van der Waals surface area (Å²) in [6.07, 6.45) is -3.55. The van der Waals surface area contributed by atoms with E-state index in [0.29, 0.717) is 12.8 Å². The van der Waals surface area contributed by atoms with E-state index in [1.807, 2.05) is 6.07 Å². The minimum Gasteiger partial charge on any atom is -0.223 e. The molecule has 2 atom stereocenters. The molecular weight excluding hydrogens is 291 g/mol. The lowest BCUT2D eigenvalue weighted by molar-refractivity contribution is -0.139.